The number of aromatic hydroxyl groups is 1. The fraction of sp³-hybridized carbons (Fsp3) is 0.467. The summed E-state index contributed by atoms with van der Waals surface area (Å²) in [4.78, 5) is 23.0. The lowest BCUT2D eigenvalue weighted by Crippen LogP contribution is -2.27. The Kier molecular flexibility index (Phi) is 5.58. The Morgan fingerprint density at radius 1 is 1.29 bits per heavy atom. The van der Waals surface area contributed by atoms with Gasteiger partial charge in [0, 0.05) is 12.0 Å². The van der Waals surface area contributed by atoms with E-state index in [4.69, 9.17) is 9.47 Å². The van der Waals surface area contributed by atoms with Crippen molar-refractivity contribution in [2.75, 3.05) is 5.32 Å². The number of nitrogens with one attached hydrogen (secondary N) is 1. The van der Waals surface area contributed by atoms with E-state index in [1.54, 1.807) is 39.8 Å². The fourth-order valence-electron chi connectivity index (χ4n) is 1.52. The number of hydrogen-bond acceptors (Lipinski definition) is 5. The minimum Gasteiger partial charge on any atom is -0.506 e. The van der Waals surface area contributed by atoms with E-state index in [1.165, 1.54) is 6.07 Å². The molecule has 1 rings (SSSR count). The SMILES string of the molecule is CCC(=O)OCc1cccc(O)c1NC(=O)OC(C)(C)C. The number of ether oxygens (including phenoxy) is 2. The van der Waals surface area contributed by atoms with Crippen LogP contribution in [0, 0.1) is 0 Å². The highest BCUT2D eigenvalue weighted by Gasteiger charge is 2.19. The van der Waals surface area contributed by atoms with Gasteiger partial charge in [-0.25, -0.2) is 4.79 Å². The molecule has 0 atom stereocenters. The van der Waals surface area contributed by atoms with Crippen molar-refractivity contribution in [2.24, 2.45) is 0 Å². The summed E-state index contributed by atoms with van der Waals surface area (Å²) in [6.45, 7) is 6.86. The largest absolute Gasteiger partial charge is 0.506 e. The molecule has 0 unspecified atom stereocenters. The number of benzene rings is 1. The molecule has 0 aliphatic rings. The number of phenolic OH excluding ortho intramolecular Hbond substituents is 1. The molecule has 1 amide bonds. The monoisotopic (exact) mass is 295 g/mol. The number of rotatable bonds is 4. The first-order chi connectivity index (χ1) is 9.73. The molecule has 0 fully saturated rings. The number of amides is 1. The van der Waals surface area contributed by atoms with E-state index >= 15 is 0 Å². The lowest BCUT2D eigenvalue weighted by molar-refractivity contribution is -0.144. The van der Waals surface area contributed by atoms with E-state index in [2.05, 4.69) is 5.32 Å². The molecule has 0 heterocycles. The average molecular weight is 295 g/mol. The van der Waals surface area contributed by atoms with Gasteiger partial charge in [0.15, 0.2) is 0 Å². The molecule has 0 bridgehead atoms. The highest BCUT2D eigenvalue weighted by molar-refractivity contribution is 5.88. The summed E-state index contributed by atoms with van der Waals surface area (Å²) in [5.74, 6) is -0.479. The maximum absolute atomic E-state index is 11.8. The Morgan fingerprint density at radius 2 is 1.95 bits per heavy atom. The van der Waals surface area contributed by atoms with Crippen molar-refractivity contribution in [2.45, 2.75) is 46.3 Å². The smallest absolute Gasteiger partial charge is 0.412 e. The van der Waals surface area contributed by atoms with Crippen LogP contribution < -0.4 is 5.32 Å². The molecule has 0 aliphatic carbocycles. The summed E-state index contributed by atoms with van der Waals surface area (Å²) in [5, 5.41) is 12.3. The summed E-state index contributed by atoms with van der Waals surface area (Å²) in [5.41, 5.74) is 0.0156. The van der Waals surface area contributed by atoms with Gasteiger partial charge in [0.05, 0.1) is 5.69 Å². The molecule has 116 valence electrons. The molecular formula is C15H21NO5. The summed E-state index contributed by atoms with van der Waals surface area (Å²) < 4.78 is 10.1. The third kappa shape index (κ3) is 5.72. The van der Waals surface area contributed by atoms with Gasteiger partial charge < -0.3 is 14.6 Å². The van der Waals surface area contributed by atoms with Crippen molar-refractivity contribution in [3.63, 3.8) is 0 Å². The molecule has 2 N–H and O–H groups in total. The van der Waals surface area contributed by atoms with Gasteiger partial charge in [-0.1, -0.05) is 19.1 Å². The van der Waals surface area contributed by atoms with Gasteiger partial charge in [-0.3, -0.25) is 10.1 Å². The van der Waals surface area contributed by atoms with Gasteiger partial charge in [0.1, 0.15) is 18.0 Å². The van der Waals surface area contributed by atoms with Crippen LogP contribution in [-0.4, -0.2) is 22.8 Å². The maximum atomic E-state index is 11.8. The van der Waals surface area contributed by atoms with Crippen molar-refractivity contribution < 1.29 is 24.2 Å². The highest BCUT2D eigenvalue weighted by Crippen LogP contribution is 2.28. The van der Waals surface area contributed by atoms with E-state index < -0.39 is 11.7 Å². The first-order valence-corrected chi connectivity index (χ1v) is 6.69. The average Bonchev–Trinajstić information content (AvgIpc) is 2.37. The third-order valence-corrected chi connectivity index (χ3v) is 2.43. The molecule has 1 aromatic rings. The molecule has 6 nitrogen and oxygen atoms in total. The van der Waals surface area contributed by atoms with E-state index in [1.807, 2.05) is 0 Å². The summed E-state index contributed by atoms with van der Waals surface area (Å²) in [6, 6.07) is 4.68. The minimum absolute atomic E-state index is 0.0355. The number of carbonyl (C=O) groups is 2. The zero-order valence-corrected chi connectivity index (χ0v) is 12.7. The molecule has 1 aromatic carbocycles. The molecule has 0 aliphatic heterocycles. The normalized spacial score (nSPS) is 10.9. The lowest BCUT2D eigenvalue weighted by Gasteiger charge is -2.20. The molecule has 6 heteroatoms. The summed E-state index contributed by atoms with van der Waals surface area (Å²) >= 11 is 0. The van der Waals surface area contributed by atoms with Crippen LogP contribution in [0.5, 0.6) is 5.75 Å². The number of hydrogen-bond donors (Lipinski definition) is 2. The second-order valence-corrected chi connectivity index (χ2v) is 5.45. The highest BCUT2D eigenvalue weighted by atomic mass is 16.6. The topological polar surface area (TPSA) is 84.9 Å². The first-order valence-electron chi connectivity index (χ1n) is 6.69. The standard InChI is InChI=1S/C15H21NO5/c1-5-12(18)20-9-10-7-6-8-11(17)13(10)16-14(19)21-15(2,3)4/h6-8,17H,5,9H2,1-4H3,(H,16,19). The van der Waals surface area contributed by atoms with Gasteiger partial charge >= 0.3 is 12.1 Å². The van der Waals surface area contributed by atoms with Crippen LogP contribution in [0.4, 0.5) is 10.5 Å². The van der Waals surface area contributed by atoms with Gasteiger partial charge in [-0.05, 0) is 26.8 Å². The molecule has 0 saturated carbocycles. The molecule has 0 aromatic heterocycles. The number of phenols is 1. The van der Waals surface area contributed by atoms with Gasteiger partial charge in [0.2, 0.25) is 0 Å². The van der Waals surface area contributed by atoms with E-state index in [0.29, 0.717) is 5.56 Å². The van der Waals surface area contributed by atoms with Crippen molar-refractivity contribution in [1.29, 1.82) is 0 Å². The van der Waals surface area contributed by atoms with E-state index in [0.717, 1.165) is 0 Å². The van der Waals surface area contributed by atoms with Crippen LogP contribution in [0.25, 0.3) is 0 Å². The number of carbonyl (C=O) groups excluding carboxylic acids is 2. The summed E-state index contributed by atoms with van der Waals surface area (Å²) in [6.07, 6.45) is -0.430. The minimum atomic E-state index is -0.688. The number of esters is 1. The second-order valence-electron chi connectivity index (χ2n) is 5.45. The Hall–Kier alpha value is -2.24. The second kappa shape index (κ2) is 6.97. The quantitative estimate of drug-likeness (QED) is 0.658. The van der Waals surface area contributed by atoms with Crippen LogP contribution in [-0.2, 0) is 20.9 Å². The van der Waals surface area contributed by atoms with Crippen LogP contribution >= 0.6 is 0 Å². The number of para-hydroxylation sites is 1. The van der Waals surface area contributed by atoms with Gasteiger partial charge in [0.25, 0.3) is 0 Å². The van der Waals surface area contributed by atoms with Crippen molar-refractivity contribution in [3.05, 3.63) is 23.8 Å². The predicted molar refractivity (Wildman–Crippen MR) is 78.1 cm³/mol. The van der Waals surface area contributed by atoms with Crippen molar-refractivity contribution >= 4 is 17.7 Å². The van der Waals surface area contributed by atoms with E-state index in [9.17, 15) is 14.7 Å². The van der Waals surface area contributed by atoms with Crippen molar-refractivity contribution in [1.82, 2.24) is 0 Å². The zero-order valence-electron chi connectivity index (χ0n) is 12.7. The Morgan fingerprint density at radius 3 is 2.52 bits per heavy atom. The number of anilines is 1. The van der Waals surface area contributed by atoms with Crippen LogP contribution in [0.15, 0.2) is 18.2 Å². The van der Waals surface area contributed by atoms with Gasteiger partial charge in [-0.2, -0.15) is 0 Å². The van der Waals surface area contributed by atoms with Crippen LogP contribution in [0.1, 0.15) is 39.7 Å². The van der Waals surface area contributed by atoms with Crippen molar-refractivity contribution in [3.8, 4) is 5.75 Å². The molecule has 0 saturated heterocycles. The fourth-order valence-corrected chi connectivity index (χ4v) is 1.52. The van der Waals surface area contributed by atoms with Crippen LogP contribution in [0.3, 0.4) is 0 Å². The maximum Gasteiger partial charge on any atom is 0.412 e. The molecule has 0 radical (unpaired) electrons. The zero-order chi connectivity index (χ0) is 16.0. The molecule has 0 spiro atoms. The van der Waals surface area contributed by atoms with E-state index in [-0.39, 0.29) is 30.4 Å². The Bertz CT molecular complexity index is 519. The predicted octanol–water partition coefficient (Wildman–Crippen LogP) is 3.19. The molecule has 21 heavy (non-hydrogen) atoms. The Balaban J connectivity index is 2.85. The summed E-state index contributed by atoms with van der Waals surface area (Å²) in [7, 11) is 0. The molecular weight excluding hydrogens is 274 g/mol. The first kappa shape index (κ1) is 16.8. The lowest BCUT2D eigenvalue weighted by atomic mass is 10.1. The third-order valence-electron chi connectivity index (χ3n) is 2.43. The van der Waals surface area contributed by atoms with Gasteiger partial charge in [-0.15, -0.1) is 0 Å². The van der Waals surface area contributed by atoms with Crippen LogP contribution in [0.2, 0.25) is 0 Å². The Labute approximate surface area is 124 Å².